The third-order valence-corrected chi connectivity index (χ3v) is 5.21. The lowest BCUT2D eigenvalue weighted by Gasteiger charge is -2.33. The molecule has 0 spiro atoms. The van der Waals surface area contributed by atoms with Crippen molar-refractivity contribution in [2.75, 3.05) is 31.7 Å². The van der Waals surface area contributed by atoms with Crippen molar-refractivity contribution >= 4 is 12.0 Å². The van der Waals surface area contributed by atoms with E-state index in [9.17, 15) is 14.0 Å². The molecule has 0 saturated carbocycles. The zero-order chi connectivity index (χ0) is 22.4. The molecule has 2 N–H and O–H groups in total. The summed E-state index contributed by atoms with van der Waals surface area (Å²) in [7, 11) is 1.59. The van der Waals surface area contributed by atoms with Crippen LogP contribution in [0.5, 0.6) is 0 Å². The molecule has 2 aromatic rings. The monoisotopic (exact) mass is 429 g/mol. The van der Waals surface area contributed by atoms with Crippen LogP contribution in [-0.4, -0.2) is 53.6 Å². The zero-order valence-electron chi connectivity index (χ0n) is 17.2. The molecule has 1 fully saturated rings. The first-order valence-corrected chi connectivity index (χ1v) is 9.98. The summed E-state index contributed by atoms with van der Waals surface area (Å²) >= 11 is 0. The van der Waals surface area contributed by atoms with Gasteiger partial charge in [0.05, 0.1) is 11.3 Å². The maximum Gasteiger partial charge on any atom is 0.404 e. The van der Waals surface area contributed by atoms with Crippen molar-refractivity contribution in [3.63, 3.8) is 0 Å². The first kappa shape index (κ1) is 22.2. The van der Waals surface area contributed by atoms with Gasteiger partial charge in [-0.2, -0.15) is 5.26 Å². The number of carbonyl (C=O) groups is 1. The molecule has 0 atom stereocenters. The smallest absolute Gasteiger partial charge is 0.404 e. The maximum absolute atomic E-state index is 14.1. The van der Waals surface area contributed by atoms with Crippen LogP contribution in [0, 0.1) is 17.1 Å². The number of hydrogen-bond acceptors (Lipinski definition) is 6. The molecule has 1 aliphatic rings. The highest BCUT2D eigenvalue weighted by Crippen LogP contribution is 2.24. The van der Waals surface area contributed by atoms with Gasteiger partial charge in [-0.15, -0.1) is 0 Å². The van der Waals surface area contributed by atoms with Crippen LogP contribution in [0.3, 0.4) is 0 Å². The number of nitrogens with zero attached hydrogens (tertiary/aromatic N) is 4. The van der Waals surface area contributed by atoms with E-state index < -0.39 is 11.9 Å². The van der Waals surface area contributed by atoms with Gasteiger partial charge in [-0.3, -0.25) is 9.36 Å². The quantitative estimate of drug-likeness (QED) is 0.647. The Hall–Kier alpha value is -3.45. The summed E-state index contributed by atoms with van der Waals surface area (Å²) in [4.78, 5) is 30.4. The standard InChI is InChI=1S/C21H24FN5O4/c1-31-10-2-7-27-19(28)12-18(14-3-4-15(13-23)17(22)11-14)25-20(27)26-8-5-16(6-9-26)24-21(29)30/h3-4,11-12,16,24H,2,5-10H2,1H3,(H,29,30). The molecular weight excluding hydrogens is 405 g/mol. The van der Waals surface area contributed by atoms with Gasteiger partial charge in [0.1, 0.15) is 11.9 Å². The number of benzene rings is 1. The SMILES string of the molecule is COCCCn1c(N2CCC(NC(=O)O)CC2)nc(-c2ccc(C#N)c(F)c2)cc1=O. The molecule has 9 nitrogen and oxygen atoms in total. The van der Waals surface area contributed by atoms with Gasteiger partial charge in [-0.25, -0.2) is 14.2 Å². The van der Waals surface area contributed by atoms with Gasteiger partial charge in [0, 0.05) is 51.0 Å². The number of halogens is 1. The van der Waals surface area contributed by atoms with Crippen LogP contribution >= 0.6 is 0 Å². The van der Waals surface area contributed by atoms with Crippen molar-refractivity contribution in [1.82, 2.24) is 14.9 Å². The number of anilines is 1. The maximum atomic E-state index is 14.1. The Bertz CT molecular complexity index is 1040. The predicted molar refractivity (Wildman–Crippen MR) is 111 cm³/mol. The summed E-state index contributed by atoms with van der Waals surface area (Å²) in [5.74, 6) is -0.217. The Morgan fingerprint density at radius 2 is 2.13 bits per heavy atom. The molecule has 1 aromatic carbocycles. The van der Waals surface area contributed by atoms with Gasteiger partial charge in [-0.05, 0) is 31.4 Å². The van der Waals surface area contributed by atoms with Gasteiger partial charge in [0.15, 0.2) is 0 Å². The van der Waals surface area contributed by atoms with Crippen LogP contribution in [0.2, 0.25) is 0 Å². The Labute approximate surface area is 178 Å². The summed E-state index contributed by atoms with van der Waals surface area (Å²) < 4.78 is 20.8. The van der Waals surface area contributed by atoms with Crippen LogP contribution in [0.1, 0.15) is 24.8 Å². The molecule has 3 rings (SSSR count). The molecule has 1 aromatic heterocycles. The average molecular weight is 429 g/mol. The average Bonchev–Trinajstić information content (AvgIpc) is 2.75. The number of rotatable bonds is 7. The van der Waals surface area contributed by atoms with Crippen molar-refractivity contribution in [3.05, 3.63) is 46.0 Å². The minimum atomic E-state index is -1.06. The van der Waals surface area contributed by atoms with Crippen LogP contribution in [0.4, 0.5) is 15.1 Å². The fourth-order valence-corrected chi connectivity index (χ4v) is 3.62. The fourth-order valence-electron chi connectivity index (χ4n) is 3.62. The van der Waals surface area contributed by atoms with Crippen LogP contribution < -0.4 is 15.8 Å². The van der Waals surface area contributed by atoms with Crippen LogP contribution in [-0.2, 0) is 11.3 Å². The number of nitriles is 1. The Kier molecular flexibility index (Phi) is 7.20. The molecule has 1 aliphatic heterocycles. The summed E-state index contributed by atoms with van der Waals surface area (Å²) in [5.41, 5.74) is 0.370. The molecule has 31 heavy (non-hydrogen) atoms. The molecule has 1 saturated heterocycles. The minimum Gasteiger partial charge on any atom is -0.465 e. The number of piperidine rings is 1. The molecule has 2 heterocycles. The topological polar surface area (TPSA) is 120 Å². The van der Waals surface area contributed by atoms with E-state index in [0.717, 1.165) is 0 Å². The molecule has 164 valence electrons. The number of ether oxygens (including phenoxy) is 1. The Balaban J connectivity index is 1.95. The third kappa shape index (κ3) is 5.38. The van der Waals surface area contributed by atoms with E-state index >= 15 is 0 Å². The third-order valence-electron chi connectivity index (χ3n) is 5.21. The highest BCUT2D eigenvalue weighted by atomic mass is 19.1. The number of hydrogen-bond donors (Lipinski definition) is 2. The number of nitrogens with one attached hydrogen (secondary N) is 1. The van der Waals surface area contributed by atoms with E-state index in [1.165, 1.54) is 18.2 Å². The number of methoxy groups -OCH3 is 1. The largest absolute Gasteiger partial charge is 0.465 e. The summed E-state index contributed by atoms with van der Waals surface area (Å²) in [6.07, 6.45) is 0.719. The van der Waals surface area contributed by atoms with Crippen molar-refractivity contribution in [3.8, 4) is 17.3 Å². The first-order chi connectivity index (χ1) is 14.9. The van der Waals surface area contributed by atoms with Gasteiger partial charge in [-0.1, -0.05) is 6.07 Å². The van der Waals surface area contributed by atoms with E-state index in [0.29, 0.717) is 62.7 Å². The highest BCUT2D eigenvalue weighted by Gasteiger charge is 2.24. The van der Waals surface area contributed by atoms with Crippen molar-refractivity contribution in [2.45, 2.75) is 31.8 Å². The molecule has 0 bridgehead atoms. The molecule has 1 amide bonds. The Morgan fingerprint density at radius 1 is 1.39 bits per heavy atom. The van der Waals surface area contributed by atoms with E-state index in [-0.39, 0.29) is 17.2 Å². The molecule has 10 heteroatoms. The normalized spacial score (nSPS) is 14.3. The summed E-state index contributed by atoms with van der Waals surface area (Å²) in [5, 5.41) is 20.4. The van der Waals surface area contributed by atoms with Crippen molar-refractivity contribution in [2.24, 2.45) is 0 Å². The van der Waals surface area contributed by atoms with Crippen molar-refractivity contribution in [1.29, 1.82) is 5.26 Å². The van der Waals surface area contributed by atoms with Gasteiger partial charge in [0.25, 0.3) is 5.56 Å². The second kappa shape index (κ2) is 10.0. The van der Waals surface area contributed by atoms with E-state index in [1.807, 2.05) is 4.90 Å². The van der Waals surface area contributed by atoms with Crippen molar-refractivity contribution < 1.29 is 19.0 Å². The molecule has 0 unspecified atom stereocenters. The lowest BCUT2D eigenvalue weighted by molar-refractivity contribution is 0.187. The molecular formula is C21H24FN5O4. The summed E-state index contributed by atoms with van der Waals surface area (Å²) in [6.45, 7) is 1.93. The van der Waals surface area contributed by atoms with E-state index in [1.54, 1.807) is 23.8 Å². The summed E-state index contributed by atoms with van der Waals surface area (Å²) in [6, 6.07) is 7.10. The lowest BCUT2D eigenvalue weighted by Crippen LogP contribution is -2.46. The second-order valence-corrected chi connectivity index (χ2v) is 7.29. The molecule has 0 radical (unpaired) electrons. The predicted octanol–water partition coefficient (Wildman–Crippen LogP) is 2.19. The van der Waals surface area contributed by atoms with E-state index in [4.69, 9.17) is 15.1 Å². The van der Waals surface area contributed by atoms with E-state index in [2.05, 4.69) is 10.3 Å². The minimum absolute atomic E-state index is 0.0788. The van der Waals surface area contributed by atoms with Crippen LogP contribution in [0.25, 0.3) is 11.3 Å². The highest BCUT2D eigenvalue weighted by molar-refractivity contribution is 5.65. The number of amides is 1. The second-order valence-electron chi connectivity index (χ2n) is 7.29. The fraction of sp³-hybridized carbons (Fsp3) is 0.429. The zero-order valence-corrected chi connectivity index (χ0v) is 17.2. The Morgan fingerprint density at radius 3 is 2.74 bits per heavy atom. The number of aromatic nitrogens is 2. The van der Waals surface area contributed by atoms with Gasteiger partial charge >= 0.3 is 6.09 Å². The van der Waals surface area contributed by atoms with Gasteiger partial charge in [0.2, 0.25) is 5.95 Å². The lowest BCUT2D eigenvalue weighted by atomic mass is 10.1. The number of carboxylic acid groups (broad SMARTS) is 1. The first-order valence-electron chi connectivity index (χ1n) is 9.98. The van der Waals surface area contributed by atoms with Crippen LogP contribution in [0.15, 0.2) is 29.1 Å². The van der Waals surface area contributed by atoms with Gasteiger partial charge < -0.3 is 20.1 Å². The molecule has 0 aliphatic carbocycles.